The zero-order valence-corrected chi connectivity index (χ0v) is 23.3. The van der Waals surface area contributed by atoms with E-state index in [2.05, 4.69) is 25.6 Å². The highest BCUT2D eigenvalue weighted by Gasteiger charge is 2.37. The van der Waals surface area contributed by atoms with Crippen LogP contribution in [0.2, 0.25) is 10.0 Å². The predicted molar refractivity (Wildman–Crippen MR) is 162 cm³/mol. The fraction of sp³-hybridized carbons (Fsp3) is 0.138. The minimum Gasteiger partial charge on any atom is -0.340 e. The van der Waals surface area contributed by atoms with Crippen molar-refractivity contribution in [3.63, 3.8) is 0 Å². The fourth-order valence-corrected chi connectivity index (χ4v) is 6.08. The number of fused-ring (bicyclic) bond motifs is 1. The molecule has 1 unspecified atom stereocenters. The van der Waals surface area contributed by atoms with Gasteiger partial charge in [-0.3, -0.25) is 9.59 Å². The number of aromatic nitrogens is 2. The van der Waals surface area contributed by atoms with Crippen molar-refractivity contribution in [2.75, 3.05) is 17.2 Å². The van der Waals surface area contributed by atoms with E-state index in [9.17, 15) is 9.59 Å². The van der Waals surface area contributed by atoms with Gasteiger partial charge in [0.25, 0.3) is 5.91 Å². The molecule has 40 heavy (non-hydrogen) atoms. The van der Waals surface area contributed by atoms with Crippen molar-refractivity contribution >= 4 is 86.1 Å². The van der Waals surface area contributed by atoms with Gasteiger partial charge in [0.1, 0.15) is 18.2 Å². The maximum absolute atomic E-state index is 13.4. The summed E-state index contributed by atoms with van der Waals surface area (Å²) in [6.07, 6.45) is 4.73. The Bertz CT molecular complexity index is 1710. The number of amides is 2. The molecule has 11 heteroatoms. The summed E-state index contributed by atoms with van der Waals surface area (Å²) in [4.78, 5) is 41.5. The van der Waals surface area contributed by atoms with Gasteiger partial charge in [0.05, 0.1) is 10.4 Å². The standard InChI is InChI=1S/C29H22Cl2N6O2S/c30-18-5-1-4-17(12-18)13-25-28(39)36-29(40-25)37-11-3-8-24(37)27(38)35-21-9-10-23-22(15-21)26(33-16-32-23)34-20-7-2-6-19(31)14-20/h1-2,4-7,9-10,12-16,24H,3,8,11H2,(H,35,38)(H,32,33,34)/b25-13+. The topological polar surface area (TPSA) is 99.6 Å². The molecule has 1 atom stereocenters. The van der Waals surface area contributed by atoms with Crippen molar-refractivity contribution in [3.05, 3.63) is 93.6 Å². The molecule has 0 spiro atoms. The second-order valence-corrected chi connectivity index (χ2v) is 11.2. The van der Waals surface area contributed by atoms with E-state index in [0.29, 0.717) is 44.6 Å². The maximum Gasteiger partial charge on any atom is 0.286 e. The van der Waals surface area contributed by atoms with E-state index in [1.54, 1.807) is 30.3 Å². The first-order chi connectivity index (χ1) is 19.4. The summed E-state index contributed by atoms with van der Waals surface area (Å²) in [7, 11) is 0. The number of hydrogen-bond acceptors (Lipinski definition) is 7. The predicted octanol–water partition coefficient (Wildman–Crippen LogP) is 6.75. The first-order valence-corrected chi connectivity index (χ1v) is 14.1. The van der Waals surface area contributed by atoms with Crippen LogP contribution in [-0.2, 0) is 9.59 Å². The van der Waals surface area contributed by atoms with Gasteiger partial charge in [-0.2, -0.15) is 4.99 Å². The highest BCUT2D eigenvalue weighted by Crippen LogP contribution is 2.34. The summed E-state index contributed by atoms with van der Waals surface area (Å²) >= 11 is 13.5. The van der Waals surface area contributed by atoms with E-state index in [0.717, 1.165) is 28.6 Å². The minimum atomic E-state index is -0.448. The quantitative estimate of drug-likeness (QED) is 0.248. The number of anilines is 3. The maximum atomic E-state index is 13.4. The Hall–Kier alpha value is -3.92. The SMILES string of the molecule is O=C1N=C(N2CCCC2C(=O)Nc2ccc3ncnc(Nc4cccc(Cl)c4)c3c2)S/C1=C/c1cccc(Cl)c1. The number of carbonyl (C=O) groups excluding carboxylic acids is 2. The summed E-state index contributed by atoms with van der Waals surface area (Å²) < 4.78 is 0. The number of thioether (sulfide) groups is 1. The Balaban J connectivity index is 1.19. The molecular weight excluding hydrogens is 567 g/mol. The van der Waals surface area contributed by atoms with Gasteiger partial charge in [-0.15, -0.1) is 0 Å². The number of benzene rings is 3. The molecule has 1 fully saturated rings. The lowest BCUT2D eigenvalue weighted by atomic mass is 10.1. The number of halogens is 2. The third kappa shape index (κ3) is 5.67. The molecule has 0 radical (unpaired) electrons. The Morgan fingerprint density at radius 3 is 2.65 bits per heavy atom. The summed E-state index contributed by atoms with van der Waals surface area (Å²) in [5, 5.41) is 8.80. The number of amidine groups is 1. The zero-order valence-electron chi connectivity index (χ0n) is 21.0. The van der Waals surface area contributed by atoms with Crippen molar-refractivity contribution in [2.24, 2.45) is 4.99 Å². The van der Waals surface area contributed by atoms with Crippen molar-refractivity contribution in [1.29, 1.82) is 0 Å². The van der Waals surface area contributed by atoms with Gasteiger partial charge < -0.3 is 15.5 Å². The van der Waals surface area contributed by atoms with E-state index in [1.165, 1.54) is 18.1 Å². The lowest BCUT2D eigenvalue weighted by Gasteiger charge is -2.24. The van der Waals surface area contributed by atoms with E-state index in [4.69, 9.17) is 23.2 Å². The van der Waals surface area contributed by atoms with Gasteiger partial charge in [0, 0.05) is 33.4 Å². The molecule has 6 rings (SSSR count). The lowest BCUT2D eigenvalue weighted by molar-refractivity contribution is -0.119. The van der Waals surface area contributed by atoms with Gasteiger partial charge in [-0.1, -0.05) is 41.4 Å². The first kappa shape index (κ1) is 26.3. The zero-order chi connectivity index (χ0) is 27.6. The van der Waals surface area contributed by atoms with E-state index in [1.807, 2.05) is 47.4 Å². The largest absolute Gasteiger partial charge is 0.340 e. The van der Waals surface area contributed by atoms with E-state index < -0.39 is 6.04 Å². The highest BCUT2D eigenvalue weighted by atomic mass is 35.5. The van der Waals surface area contributed by atoms with Crippen LogP contribution >= 0.6 is 35.0 Å². The van der Waals surface area contributed by atoms with Crippen LogP contribution in [0.5, 0.6) is 0 Å². The summed E-state index contributed by atoms with van der Waals surface area (Å²) in [5.41, 5.74) is 2.96. The molecule has 2 aliphatic heterocycles. The number of rotatable bonds is 5. The normalized spacial score (nSPS) is 17.9. The van der Waals surface area contributed by atoms with Crippen LogP contribution in [0, 0.1) is 0 Å². The van der Waals surface area contributed by atoms with Gasteiger partial charge in [-0.05, 0) is 84.8 Å². The van der Waals surface area contributed by atoms with Crippen molar-refractivity contribution < 1.29 is 9.59 Å². The molecular formula is C29H22Cl2N6O2S. The summed E-state index contributed by atoms with van der Waals surface area (Å²) in [5.74, 6) is 0.112. The first-order valence-electron chi connectivity index (χ1n) is 12.6. The highest BCUT2D eigenvalue weighted by molar-refractivity contribution is 8.18. The lowest BCUT2D eigenvalue weighted by Crippen LogP contribution is -2.41. The van der Waals surface area contributed by atoms with Crippen molar-refractivity contribution in [2.45, 2.75) is 18.9 Å². The number of carbonyl (C=O) groups is 2. The van der Waals surface area contributed by atoms with Crippen LogP contribution in [0.25, 0.3) is 17.0 Å². The smallest absolute Gasteiger partial charge is 0.286 e. The Morgan fingerprint density at radius 2 is 1.82 bits per heavy atom. The molecule has 8 nitrogen and oxygen atoms in total. The van der Waals surface area contributed by atoms with Gasteiger partial charge >= 0.3 is 0 Å². The molecule has 3 heterocycles. The molecule has 0 saturated carbocycles. The Morgan fingerprint density at radius 1 is 1.00 bits per heavy atom. The fourth-order valence-electron chi connectivity index (χ4n) is 4.70. The number of likely N-dealkylation sites (tertiary alicyclic amines) is 1. The number of aliphatic imine (C=N–C) groups is 1. The second-order valence-electron chi connectivity index (χ2n) is 9.30. The van der Waals surface area contributed by atoms with Crippen LogP contribution in [-0.4, -0.2) is 44.4 Å². The molecule has 2 amide bonds. The molecule has 0 bridgehead atoms. The van der Waals surface area contributed by atoms with Crippen LogP contribution in [0.4, 0.5) is 17.2 Å². The molecule has 0 aliphatic carbocycles. The van der Waals surface area contributed by atoms with Crippen LogP contribution < -0.4 is 10.6 Å². The molecule has 1 aromatic heterocycles. The molecule has 3 aromatic carbocycles. The average molecular weight is 590 g/mol. The third-order valence-corrected chi connectivity index (χ3v) is 8.04. The number of hydrogen-bond donors (Lipinski definition) is 2. The van der Waals surface area contributed by atoms with Gasteiger partial charge in [-0.25, -0.2) is 9.97 Å². The van der Waals surface area contributed by atoms with E-state index >= 15 is 0 Å². The van der Waals surface area contributed by atoms with E-state index in [-0.39, 0.29) is 11.8 Å². The summed E-state index contributed by atoms with van der Waals surface area (Å²) in [6, 6.07) is 19.7. The van der Waals surface area contributed by atoms with Crippen LogP contribution in [0.1, 0.15) is 18.4 Å². The van der Waals surface area contributed by atoms with Crippen molar-refractivity contribution in [3.8, 4) is 0 Å². The third-order valence-electron chi connectivity index (χ3n) is 6.55. The second kappa shape index (κ2) is 11.3. The van der Waals surface area contributed by atoms with Gasteiger partial charge in [0.2, 0.25) is 5.91 Å². The number of nitrogens with zero attached hydrogens (tertiary/aromatic N) is 4. The number of nitrogens with one attached hydrogen (secondary N) is 2. The molecule has 1 saturated heterocycles. The molecule has 4 aromatic rings. The Labute approximate surface area is 244 Å². The van der Waals surface area contributed by atoms with Crippen LogP contribution in [0.3, 0.4) is 0 Å². The molecule has 2 aliphatic rings. The summed E-state index contributed by atoms with van der Waals surface area (Å²) in [6.45, 7) is 0.640. The average Bonchev–Trinajstić information content (AvgIpc) is 3.56. The molecule has 2 N–H and O–H groups in total. The van der Waals surface area contributed by atoms with Crippen LogP contribution in [0.15, 0.2) is 83.0 Å². The minimum absolute atomic E-state index is 0.166. The Kier molecular flexibility index (Phi) is 7.42. The van der Waals surface area contributed by atoms with Gasteiger partial charge in [0.15, 0.2) is 5.17 Å². The molecule has 200 valence electrons. The monoisotopic (exact) mass is 588 g/mol. The van der Waals surface area contributed by atoms with Crippen molar-refractivity contribution in [1.82, 2.24) is 14.9 Å².